The molecule has 1 unspecified atom stereocenters. The van der Waals surface area contributed by atoms with Crippen molar-refractivity contribution in [3.05, 3.63) is 59.7 Å². The molecule has 4 fully saturated rings. The van der Waals surface area contributed by atoms with Crippen molar-refractivity contribution in [2.24, 2.45) is 11.8 Å². The smallest absolute Gasteiger partial charge is 1.00 e. The number of aliphatic hydroxyl groups is 1. The van der Waals surface area contributed by atoms with E-state index in [0.717, 1.165) is 56.4 Å². The standard InChI is InChI=1S/C23H35N3O3.C23H33N3O3.B.Na.H/c2*1-2-6-21(27)19-9-11-20(12-10-19)24-23(29)26-14-5-13-25(15-16-26)22(28)17-18-7-3-4-8-18;;;/h9-12,18,21,27H,2-8,13-17H2,1H3,(H,24,29);9-12,18H,2-8,13-17H2,1H3,(H,24,29);;;/q;;;+1;-1. The van der Waals surface area contributed by atoms with Gasteiger partial charge in [-0.25, -0.2) is 9.59 Å². The van der Waals surface area contributed by atoms with Crippen LogP contribution < -0.4 is 40.2 Å². The zero-order valence-electron chi connectivity index (χ0n) is 37.7. The Bertz CT molecular complexity index is 1640. The summed E-state index contributed by atoms with van der Waals surface area (Å²) in [7, 11) is 0. The van der Waals surface area contributed by atoms with E-state index in [2.05, 4.69) is 10.6 Å². The fourth-order valence-electron chi connectivity index (χ4n) is 8.67. The Hall–Kier alpha value is -3.39. The van der Waals surface area contributed by atoms with Crippen molar-refractivity contribution in [1.29, 1.82) is 0 Å². The van der Waals surface area contributed by atoms with Crippen molar-refractivity contribution in [3.8, 4) is 0 Å². The molecule has 2 heterocycles. The van der Waals surface area contributed by atoms with E-state index in [-0.39, 0.29) is 69.1 Å². The zero-order chi connectivity index (χ0) is 41.3. The SMILES string of the molecule is CCCC(=O)c1ccc(NC(=O)N2CCCN(C(=O)CC3CCCC3)CC2)cc1.CCCC(O)c1ccc(NC(=O)N2CCCN(C(=O)CC3CCCC3)CC2)cc1.[B].[H-].[Na+]. The maximum absolute atomic E-state index is 12.7. The van der Waals surface area contributed by atoms with Crippen LogP contribution in [0.4, 0.5) is 21.0 Å². The first-order chi connectivity index (χ1) is 28.1. The second kappa shape index (κ2) is 26.8. The van der Waals surface area contributed by atoms with Crippen LogP contribution in [0, 0.1) is 11.8 Å². The van der Waals surface area contributed by atoms with Gasteiger partial charge in [-0.3, -0.25) is 14.4 Å². The normalized spacial score (nSPS) is 17.9. The van der Waals surface area contributed by atoms with Crippen LogP contribution in [0.2, 0.25) is 0 Å². The fraction of sp³-hybridized carbons (Fsp3) is 0.630. The zero-order valence-corrected chi connectivity index (χ0v) is 38.7. The number of hydrogen-bond donors (Lipinski definition) is 3. The summed E-state index contributed by atoms with van der Waals surface area (Å²) in [6, 6.07) is 14.2. The minimum absolute atomic E-state index is 0. The number of benzene rings is 2. The molecule has 2 aliphatic heterocycles. The summed E-state index contributed by atoms with van der Waals surface area (Å²) in [5, 5.41) is 15.9. The first kappa shape index (κ1) is 51.0. The number of rotatable bonds is 12. The van der Waals surface area contributed by atoms with Crippen LogP contribution in [-0.4, -0.2) is 115 Å². The Kier molecular flexibility index (Phi) is 22.8. The third-order valence-corrected chi connectivity index (χ3v) is 12.2. The van der Waals surface area contributed by atoms with Gasteiger partial charge in [-0.2, -0.15) is 0 Å². The van der Waals surface area contributed by atoms with Gasteiger partial charge < -0.3 is 36.8 Å². The maximum atomic E-state index is 12.7. The molecule has 1 atom stereocenters. The molecule has 3 radical (unpaired) electrons. The van der Waals surface area contributed by atoms with Crippen molar-refractivity contribution in [2.75, 3.05) is 63.0 Å². The molecule has 60 heavy (non-hydrogen) atoms. The molecule has 12 nitrogen and oxygen atoms in total. The van der Waals surface area contributed by atoms with Crippen LogP contribution in [0.15, 0.2) is 48.5 Å². The number of nitrogens with zero attached hydrogens (tertiary/aromatic N) is 4. The molecular formula is C46H69BN6NaO6. The molecule has 2 aromatic rings. The van der Waals surface area contributed by atoms with E-state index in [9.17, 15) is 29.1 Å². The first-order valence-electron chi connectivity index (χ1n) is 22.2. The van der Waals surface area contributed by atoms with E-state index >= 15 is 0 Å². The molecule has 323 valence electrons. The van der Waals surface area contributed by atoms with Crippen molar-refractivity contribution < 1.29 is 60.1 Å². The molecule has 2 aromatic carbocycles. The van der Waals surface area contributed by atoms with Crippen LogP contribution in [0.5, 0.6) is 0 Å². The second-order valence-electron chi connectivity index (χ2n) is 16.7. The van der Waals surface area contributed by atoms with E-state index in [4.69, 9.17) is 0 Å². The van der Waals surface area contributed by atoms with E-state index < -0.39 is 6.10 Å². The fourth-order valence-corrected chi connectivity index (χ4v) is 8.67. The van der Waals surface area contributed by atoms with Gasteiger partial charge in [0.1, 0.15) is 0 Å². The predicted octanol–water partition coefficient (Wildman–Crippen LogP) is 5.22. The third-order valence-electron chi connectivity index (χ3n) is 12.2. The van der Waals surface area contributed by atoms with Gasteiger partial charge in [0.25, 0.3) is 0 Å². The Labute approximate surface area is 384 Å². The summed E-state index contributed by atoms with van der Waals surface area (Å²) >= 11 is 0. The number of anilines is 2. The number of amides is 6. The van der Waals surface area contributed by atoms with Gasteiger partial charge in [0, 0.05) is 97.0 Å². The molecule has 6 rings (SSSR count). The molecule has 2 saturated heterocycles. The Balaban J connectivity index is 0.000000400. The van der Waals surface area contributed by atoms with Crippen molar-refractivity contribution in [2.45, 2.75) is 123 Å². The van der Waals surface area contributed by atoms with E-state index in [1.54, 1.807) is 34.1 Å². The summed E-state index contributed by atoms with van der Waals surface area (Å²) in [6.07, 6.45) is 15.2. The largest absolute Gasteiger partial charge is 1.00 e. The minimum Gasteiger partial charge on any atom is -1.00 e. The monoisotopic (exact) mass is 836 g/mol. The van der Waals surface area contributed by atoms with Crippen molar-refractivity contribution in [3.63, 3.8) is 0 Å². The van der Waals surface area contributed by atoms with Gasteiger partial charge in [-0.05, 0) is 105 Å². The van der Waals surface area contributed by atoms with E-state index in [1.165, 1.54) is 51.4 Å². The van der Waals surface area contributed by atoms with Gasteiger partial charge in [0.05, 0.1) is 6.10 Å². The van der Waals surface area contributed by atoms with Gasteiger partial charge in [-0.1, -0.05) is 58.1 Å². The molecule has 3 N–H and O–H groups in total. The predicted molar refractivity (Wildman–Crippen MR) is 236 cm³/mol. The molecule has 0 bridgehead atoms. The minimum atomic E-state index is -0.455. The average Bonchev–Trinajstić information content (AvgIpc) is 3.80. The molecule has 6 amide bonds. The van der Waals surface area contributed by atoms with Gasteiger partial charge in [0.15, 0.2) is 5.78 Å². The number of hydrogen-bond acceptors (Lipinski definition) is 6. The second-order valence-corrected chi connectivity index (χ2v) is 16.7. The Morgan fingerprint density at radius 1 is 0.600 bits per heavy atom. The summed E-state index contributed by atoms with van der Waals surface area (Å²) < 4.78 is 0. The topological polar surface area (TPSA) is 143 Å². The molecule has 14 heteroatoms. The quantitative estimate of drug-likeness (QED) is 0.198. The summed E-state index contributed by atoms with van der Waals surface area (Å²) in [6.45, 7) is 9.12. The number of carbonyl (C=O) groups is 5. The Morgan fingerprint density at radius 2 is 1.00 bits per heavy atom. The third kappa shape index (κ3) is 16.1. The van der Waals surface area contributed by atoms with Crippen LogP contribution in [0.1, 0.15) is 140 Å². The van der Waals surface area contributed by atoms with Crippen LogP contribution in [0.3, 0.4) is 0 Å². The molecule has 2 saturated carbocycles. The van der Waals surface area contributed by atoms with Gasteiger partial charge >= 0.3 is 41.6 Å². The van der Waals surface area contributed by atoms with Crippen LogP contribution >= 0.6 is 0 Å². The first-order valence-corrected chi connectivity index (χ1v) is 22.2. The average molecular weight is 836 g/mol. The van der Waals surface area contributed by atoms with Crippen molar-refractivity contribution >= 4 is 49.4 Å². The van der Waals surface area contributed by atoms with E-state index in [1.807, 2.05) is 47.9 Å². The summed E-state index contributed by atoms with van der Waals surface area (Å²) in [5.41, 5.74) is 2.95. The molecule has 0 spiro atoms. The molecular weight excluding hydrogens is 766 g/mol. The van der Waals surface area contributed by atoms with Gasteiger partial charge in [0.2, 0.25) is 11.8 Å². The van der Waals surface area contributed by atoms with Crippen LogP contribution in [0.25, 0.3) is 0 Å². The van der Waals surface area contributed by atoms with Crippen molar-refractivity contribution in [1.82, 2.24) is 19.6 Å². The number of carbonyl (C=O) groups excluding carboxylic acids is 5. The summed E-state index contributed by atoms with van der Waals surface area (Å²) in [4.78, 5) is 69.9. The number of ketones is 1. The number of nitrogens with one attached hydrogen (secondary N) is 2. The van der Waals surface area contributed by atoms with Gasteiger partial charge in [-0.15, -0.1) is 0 Å². The molecule has 0 aromatic heterocycles. The number of aliphatic hydroxyl groups excluding tert-OH is 1. The molecule has 4 aliphatic rings. The van der Waals surface area contributed by atoms with Crippen LogP contribution in [-0.2, 0) is 9.59 Å². The summed E-state index contributed by atoms with van der Waals surface area (Å²) in [5.74, 6) is 1.73. The van der Waals surface area contributed by atoms with E-state index in [0.29, 0.717) is 81.6 Å². The number of urea groups is 2. The maximum Gasteiger partial charge on any atom is 1.00 e. The Morgan fingerprint density at radius 3 is 1.42 bits per heavy atom. The number of Topliss-reactive ketones (excluding diaryl/α,β-unsaturated/α-hetero) is 1. The molecule has 2 aliphatic carbocycles.